The Labute approximate surface area is 164 Å². The van der Waals surface area contributed by atoms with Gasteiger partial charge in [-0.1, -0.05) is 36.4 Å². The maximum atomic E-state index is 13.3. The fourth-order valence-electron chi connectivity index (χ4n) is 3.55. The average molecular weight is 401 g/mol. The number of H-pyrrole nitrogens is 1. The molecule has 0 bridgehead atoms. The van der Waals surface area contributed by atoms with Crippen LogP contribution in [0.1, 0.15) is 11.3 Å². The van der Waals surface area contributed by atoms with Gasteiger partial charge in [-0.3, -0.25) is 0 Å². The van der Waals surface area contributed by atoms with Crippen molar-refractivity contribution in [1.29, 1.82) is 0 Å². The Bertz CT molecular complexity index is 1220. The summed E-state index contributed by atoms with van der Waals surface area (Å²) < 4.78 is 26.7. The molecule has 0 fully saturated rings. The number of nitrogens with two attached hydrogens (primary N) is 1. The van der Waals surface area contributed by atoms with Crippen LogP contribution in [0.2, 0.25) is 0 Å². The number of hydrogen-bond donors (Lipinski definition) is 2. The summed E-state index contributed by atoms with van der Waals surface area (Å²) >= 11 is 0. The lowest BCUT2D eigenvalue weighted by Crippen LogP contribution is -2.04. The van der Waals surface area contributed by atoms with E-state index in [9.17, 15) is 8.42 Å². The molecule has 140 valence electrons. The van der Waals surface area contributed by atoms with E-state index in [0.717, 1.165) is 32.9 Å². The highest BCUT2D eigenvalue weighted by atomic mass is 35.5. The molecule has 0 atom stereocenters. The molecule has 3 N–H and O–H groups in total. The van der Waals surface area contributed by atoms with E-state index in [0.29, 0.717) is 22.8 Å². The molecule has 0 amide bonds. The van der Waals surface area contributed by atoms with Gasteiger partial charge in [0.1, 0.15) is 0 Å². The van der Waals surface area contributed by atoms with Crippen molar-refractivity contribution in [3.8, 4) is 0 Å². The summed E-state index contributed by atoms with van der Waals surface area (Å²) in [5.74, 6) is 0. The second kappa shape index (κ2) is 7.35. The molecule has 0 saturated carbocycles. The van der Waals surface area contributed by atoms with Crippen LogP contribution in [-0.4, -0.2) is 19.9 Å². The number of nitrogens with one attached hydrogen (secondary N) is 1. The zero-order valence-corrected chi connectivity index (χ0v) is 16.5. The van der Waals surface area contributed by atoms with E-state index in [-0.39, 0.29) is 12.4 Å². The molecule has 0 spiro atoms. The van der Waals surface area contributed by atoms with Gasteiger partial charge in [0.25, 0.3) is 0 Å². The van der Waals surface area contributed by atoms with Crippen molar-refractivity contribution in [3.63, 3.8) is 0 Å². The molecule has 0 aliphatic rings. The lowest BCUT2D eigenvalue weighted by atomic mass is 10.1. The van der Waals surface area contributed by atoms with Crippen LogP contribution in [0, 0.1) is 6.92 Å². The molecule has 0 aliphatic heterocycles. The molecule has 0 radical (unpaired) electrons. The molecular weight excluding hydrogens is 380 g/mol. The fourth-order valence-corrected chi connectivity index (χ4v) is 5.06. The largest absolute Gasteiger partial charge is 0.358 e. The molecule has 0 unspecified atom stereocenters. The Morgan fingerprint density at radius 2 is 1.70 bits per heavy atom. The minimum absolute atomic E-state index is 0. The highest BCUT2D eigenvalue weighted by molar-refractivity contribution is 7.91. The number of rotatable bonds is 4. The van der Waals surface area contributed by atoms with Crippen LogP contribution in [0.15, 0.2) is 70.5 Å². The third-order valence-corrected chi connectivity index (χ3v) is 6.64. The number of sulfone groups is 1. The van der Waals surface area contributed by atoms with Gasteiger partial charge in [0, 0.05) is 22.0 Å². The third-order valence-electron chi connectivity index (χ3n) is 4.83. The first-order valence-electron chi connectivity index (χ1n) is 8.56. The number of halogens is 1. The first-order chi connectivity index (χ1) is 12.5. The summed E-state index contributed by atoms with van der Waals surface area (Å²) in [6, 6.07) is 18.2. The Balaban J connectivity index is 0.00000210. The summed E-state index contributed by atoms with van der Waals surface area (Å²) in [4.78, 5) is 3.95. The Kier molecular flexibility index (Phi) is 5.29. The molecule has 1 aromatic heterocycles. The van der Waals surface area contributed by atoms with Gasteiger partial charge in [0.05, 0.1) is 9.79 Å². The highest BCUT2D eigenvalue weighted by Gasteiger charge is 2.21. The summed E-state index contributed by atoms with van der Waals surface area (Å²) in [6.45, 7) is 2.51. The second-order valence-corrected chi connectivity index (χ2v) is 8.37. The highest BCUT2D eigenvalue weighted by Crippen LogP contribution is 2.31. The standard InChI is InChI=1S/C21H20N2O2S.ClH/c1-14-17(11-12-22)19-13-16(9-10-20(19)23-14)26(24,25)21-8-4-6-15-5-2-3-7-18(15)21;/h2-10,13,23H,11-12,22H2,1H3;1H. The molecule has 4 aromatic rings. The summed E-state index contributed by atoms with van der Waals surface area (Å²) in [7, 11) is -3.62. The lowest BCUT2D eigenvalue weighted by molar-refractivity contribution is 0.597. The molecule has 27 heavy (non-hydrogen) atoms. The van der Waals surface area contributed by atoms with E-state index in [2.05, 4.69) is 4.98 Å². The van der Waals surface area contributed by atoms with Gasteiger partial charge in [-0.25, -0.2) is 8.42 Å². The zero-order valence-electron chi connectivity index (χ0n) is 14.9. The van der Waals surface area contributed by atoms with Crippen molar-refractivity contribution in [1.82, 2.24) is 4.98 Å². The Morgan fingerprint density at radius 3 is 2.48 bits per heavy atom. The molecule has 3 aromatic carbocycles. The van der Waals surface area contributed by atoms with Crippen LogP contribution >= 0.6 is 12.4 Å². The number of benzene rings is 3. The normalized spacial score (nSPS) is 11.6. The number of aryl methyl sites for hydroxylation is 1. The van der Waals surface area contributed by atoms with Crippen LogP contribution in [0.3, 0.4) is 0 Å². The van der Waals surface area contributed by atoms with Gasteiger partial charge >= 0.3 is 0 Å². The maximum absolute atomic E-state index is 13.3. The summed E-state index contributed by atoms with van der Waals surface area (Å²) in [6.07, 6.45) is 0.712. The number of hydrogen-bond acceptors (Lipinski definition) is 3. The molecule has 6 heteroatoms. The van der Waals surface area contributed by atoms with Crippen molar-refractivity contribution in [2.45, 2.75) is 23.1 Å². The topological polar surface area (TPSA) is 76.0 Å². The molecule has 1 heterocycles. The van der Waals surface area contributed by atoms with Crippen LogP contribution in [0.5, 0.6) is 0 Å². The van der Waals surface area contributed by atoms with Crippen molar-refractivity contribution < 1.29 is 8.42 Å². The van der Waals surface area contributed by atoms with E-state index in [1.807, 2.05) is 43.3 Å². The fraction of sp³-hybridized carbons (Fsp3) is 0.143. The molecule has 4 nitrogen and oxygen atoms in total. The second-order valence-electron chi connectivity index (χ2n) is 6.46. The number of fused-ring (bicyclic) bond motifs is 2. The van der Waals surface area contributed by atoms with Crippen LogP contribution in [-0.2, 0) is 16.3 Å². The quantitative estimate of drug-likeness (QED) is 0.533. The zero-order chi connectivity index (χ0) is 18.3. The molecule has 0 saturated heterocycles. The van der Waals surface area contributed by atoms with Crippen molar-refractivity contribution >= 4 is 43.9 Å². The van der Waals surface area contributed by atoms with Gasteiger partial charge in [-0.15, -0.1) is 12.4 Å². The number of aromatic nitrogens is 1. The van der Waals surface area contributed by atoms with E-state index in [1.165, 1.54) is 0 Å². The smallest absolute Gasteiger partial charge is 0.207 e. The molecule has 0 aliphatic carbocycles. The molecular formula is C21H21ClN2O2S. The van der Waals surface area contributed by atoms with E-state index < -0.39 is 9.84 Å². The minimum Gasteiger partial charge on any atom is -0.358 e. The predicted molar refractivity (Wildman–Crippen MR) is 112 cm³/mol. The maximum Gasteiger partial charge on any atom is 0.207 e. The minimum atomic E-state index is -3.62. The van der Waals surface area contributed by atoms with Crippen molar-refractivity contribution in [2.24, 2.45) is 5.73 Å². The Morgan fingerprint density at radius 1 is 0.963 bits per heavy atom. The van der Waals surface area contributed by atoms with Crippen molar-refractivity contribution in [2.75, 3.05) is 6.54 Å². The number of aromatic amines is 1. The SMILES string of the molecule is Cc1[nH]c2ccc(S(=O)(=O)c3cccc4ccccc34)cc2c1CCN.Cl. The van der Waals surface area contributed by atoms with Crippen LogP contribution in [0.25, 0.3) is 21.7 Å². The molecule has 4 rings (SSSR count). The van der Waals surface area contributed by atoms with Gasteiger partial charge in [-0.2, -0.15) is 0 Å². The summed E-state index contributed by atoms with van der Waals surface area (Å²) in [5, 5.41) is 2.58. The van der Waals surface area contributed by atoms with E-state index in [1.54, 1.807) is 24.3 Å². The van der Waals surface area contributed by atoms with E-state index >= 15 is 0 Å². The van der Waals surface area contributed by atoms with Crippen LogP contribution in [0.4, 0.5) is 0 Å². The first-order valence-corrected chi connectivity index (χ1v) is 10.0. The predicted octanol–water partition coefficient (Wildman–Crippen LogP) is 4.39. The van der Waals surface area contributed by atoms with Crippen molar-refractivity contribution in [3.05, 3.63) is 71.9 Å². The van der Waals surface area contributed by atoms with Gasteiger partial charge in [-0.05, 0) is 55.1 Å². The van der Waals surface area contributed by atoms with Crippen LogP contribution < -0.4 is 5.73 Å². The Hall–Kier alpha value is -2.34. The summed E-state index contributed by atoms with van der Waals surface area (Å²) in [5.41, 5.74) is 8.77. The van der Waals surface area contributed by atoms with Gasteiger partial charge in [0.2, 0.25) is 9.84 Å². The first kappa shape index (κ1) is 19.4. The van der Waals surface area contributed by atoms with E-state index in [4.69, 9.17) is 5.73 Å². The van der Waals surface area contributed by atoms with Gasteiger partial charge in [0.15, 0.2) is 0 Å². The monoisotopic (exact) mass is 400 g/mol. The van der Waals surface area contributed by atoms with Gasteiger partial charge < -0.3 is 10.7 Å². The third kappa shape index (κ3) is 3.23. The average Bonchev–Trinajstić information content (AvgIpc) is 2.96. The lowest BCUT2D eigenvalue weighted by Gasteiger charge is -2.09.